The van der Waals surface area contributed by atoms with Gasteiger partial charge in [-0.2, -0.15) is 0 Å². The van der Waals surface area contributed by atoms with Crippen molar-refractivity contribution in [3.8, 4) is 34.1 Å². The molecule has 0 fully saturated rings. The van der Waals surface area contributed by atoms with Crippen molar-refractivity contribution < 1.29 is 27.9 Å². The summed E-state index contributed by atoms with van der Waals surface area (Å²) in [4.78, 5) is 0. The quantitative estimate of drug-likeness (QED) is 0.761. The van der Waals surface area contributed by atoms with E-state index in [2.05, 4.69) is 5.16 Å². The standard InChI is InChI=1S/C18H15F2NO4/c1-23-10-6-7-11(15(8-10)24-2)18-12(9-22)17(21-25-18)16-13(19)4-3-5-14(16)20/h3-8,22H,9H2,1-2H3. The van der Waals surface area contributed by atoms with Gasteiger partial charge in [-0.25, -0.2) is 8.78 Å². The Morgan fingerprint density at radius 2 is 1.80 bits per heavy atom. The molecular weight excluding hydrogens is 332 g/mol. The van der Waals surface area contributed by atoms with Crippen LogP contribution in [0.1, 0.15) is 5.56 Å². The van der Waals surface area contributed by atoms with Crippen LogP contribution >= 0.6 is 0 Å². The molecular formula is C18H15F2NO4. The van der Waals surface area contributed by atoms with Crippen molar-refractivity contribution in [1.82, 2.24) is 5.16 Å². The van der Waals surface area contributed by atoms with Crippen LogP contribution in [0.15, 0.2) is 40.9 Å². The van der Waals surface area contributed by atoms with Crippen molar-refractivity contribution in [2.24, 2.45) is 0 Å². The summed E-state index contributed by atoms with van der Waals surface area (Å²) in [7, 11) is 2.98. The van der Waals surface area contributed by atoms with Gasteiger partial charge in [0, 0.05) is 6.07 Å². The highest BCUT2D eigenvalue weighted by Gasteiger charge is 2.25. The van der Waals surface area contributed by atoms with E-state index in [0.717, 1.165) is 12.1 Å². The van der Waals surface area contributed by atoms with Crippen LogP contribution in [0, 0.1) is 11.6 Å². The summed E-state index contributed by atoms with van der Waals surface area (Å²) >= 11 is 0. The number of aromatic nitrogens is 1. The Hall–Kier alpha value is -2.93. The first-order chi connectivity index (χ1) is 12.1. The van der Waals surface area contributed by atoms with Crippen LogP contribution in [-0.2, 0) is 6.61 Å². The predicted octanol–water partition coefficient (Wildman–Crippen LogP) is 3.80. The van der Waals surface area contributed by atoms with E-state index in [1.54, 1.807) is 18.2 Å². The number of nitrogens with zero attached hydrogens (tertiary/aromatic N) is 1. The molecule has 0 spiro atoms. The van der Waals surface area contributed by atoms with Gasteiger partial charge in [0.15, 0.2) is 5.76 Å². The van der Waals surface area contributed by atoms with Gasteiger partial charge in [-0.3, -0.25) is 0 Å². The van der Waals surface area contributed by atoms with Gasteiger partial charge < -0.3 is 19.1 Å². The molecule has 0 aliphatic carbocycles. The van der Waals surface area contributed by atoms with Gasteiger partial charge in [0.1, 0.15) is 28.8 Å². The number of hydrogen-bond donors (Lipinski definition) is 1. The van der Waals surface area contributed by atoms with E-state index in [9.17, 15) is 13.9 Å². The third-order valence-corrected chi connectivity index (χ3v) is 3.80. The topological polar surface area (TPSA) is 64.7 Å². The van der Waals surface area contributed by atoms with Crippen LogP contribution < -0.4 is 9.47 Å². The fourth-order valence-electron chi connectivity index (χ4n) is 2.57. The first kappa shape index (κ1) is 16.9. The minimum absolute atomic E-state index is 0.0917. The van der Waals surface area contributed by atoms with Gasteiger partial charge in [-0.05, 0) is 24.3 Å². The van der Waals surface area contributed by atoms with E-state index >= 15 is 0 Å². The maximum Gasteiger partial charge on any atom is 0.176 e. The molecule has 130 valence electrons. The molecule has 0 atom stereocenters. The van der Waals surface area contributed by atoms with Crippen LogP contribution in [-0.4, -0.2) is 24.5 Å². The molecule has 0 saturated carbocycles. The molecule has 0 aliphatic rings. The second kappa shape index (κ2) is 6.90. The predicted molar refractivity (Wildman–Crippen MR) is 86.3 cm³/mol. The first-order valence-electron chi connectivity index (χ1n) is 7.36. The third-order valence-electron chi connectivity index (χ3n) is 3.80. The fraction of sp³-hybridized carbons (Fsp3) is 0.167. The van der Waals surface area contributed by atoms with Crippen molar-refractivity contribution >= 4 is 0 Å². The second-order valence-corrected chi connectivity index (χ2v) is 5.16. The van der Waals surface area contributed by atoms with Crippen LogP contribution in [0.25, 0.3) is 22.6 Å². The Morgan fingerprint density at radius 3 is 2.40 bits per heavy atom. The molecule has 3 rings (SSSR count). The van der Waals surface area contributed by atoms with Crippen molar-refractivity contribution in [3.05, 3.63) is 53.6 Å². The SMILES string of the molecule is COc1ccc(-c2onc(-c3c(F)cccc3F)c2CO)c(OC)c1. The minimum Gasteiger partial charge on any atom is -0.497 e. The molecule has 0 radical (unpaired) electrons. The molecule has 1 heterocycles. The van der Waals surface area contributed by atoms with Gasteiger partial charge in [0.2, 0.25) is 0 Å². The van der Waals surface area contributed by atoms with Crippen molar-refractivity contribution in [2.45, 2.75) is 6.61 Å². The highest BCUT2D eigenvalue weighted by Crippen LogP contribution is 2.39. The van der Waals surface area contributed by atoms with E-state index in [-0.39, 0.29) is 22.6 Å². The Balaban J connectivity index is 2.19. The molecule has 0 unspecified atom stereocenters. The number of methoxy groups -OCH3 is 2. The average Bonchev–Trinajstić information content (AvgIpc) is 3.04. The Morgan fingerprint density at radius 1 is 1.08 bits per heavy atom. The number of rotatable bonds is 5. The van der Waals surface area contributed by atoms with Crippen LogP contribution in [0.5, 0.6) is 11.5 Å². The fourth-order valence-corrected chi connectivity index (χ4v) is 2.57. The van der Waals surface area contributed by atoms with E-state index in [1.807, 2.05) is 0 Å². The number of aliphatic hydroxyl groups excluding tert-OH is 1. The maximum atomic E-state index is 14.1. The summed E-state index contributed by atoms with van der Waals surface area (Å²) in [5, 5.41) is 13.5. The zero-order valence-corrected chi connectivity index (χ0v) is 13.5. The van der Waals surface area contributed by atoms with E-state index in [0.29, 0.717) is 17.1 Å². The first-order valence-corrected chi connectivity index (χ1v) is 7.36. The summed E-state index contributed by atoms with van der Waals surface area (Å²) in [6.07, 6.45) is 0. The average molecular weight is 347 g/mol. The van der Waals surface area contributed by atoms with Crippen molar-refractivity contribution in [1.29, 1.82) is 0 Å². The lowest BCUT2D eigenvalue weighted by molar-refractivity contribution is 0.281. The lowest BCUT2D eigenvalue weighted by Crippen LogP contribution is -1.96. The van der Waals surface area contributed by atoms with E-state index in [1.165, 1.54) is 20.3 Å². The zero-order chi connectivity index (χ0) is 18.0. The lowest BCUT2D eigenvalue weighted by Gasteiger charge is -2.09. The molecule has 1 N–H and O–H groups in total. The van der Waals surface area contributed by atoms with Gasteiger partial charge >= 0.3 is 0 Å². The molecule has 3 aromatic rings. The Bertz CT molecular complexity index is 888. The van der Waals surface area contributed by atoms with Gasteiger partial charge in [-0.1, -0.05) is 11.2 Å². The maximum absolute atomic E-state index is 14.1. The van der Waals surface area contributed by atoms with Crippen molar-refractivity contribution in [3.63, 3.8) is 0 Å². The summed E-state index contributed by atoms with van der Waals surface area (Å²) in [5.74, 6) is -0.455. The summed E-state index contributed by atoms with van der Waals surface area (Å²) in [5.41, 5.74) is 0.190. The molecule has 0 amide bonds. The molecule has 5 nitrogen and oxygen atoms in total. The van der Waals surface area contributed by atoms with E-state index < -0.39 is 18.2 Å². The molecule has 0 saturated heterocycles. The lowest BCUT2D eigenvalue weighted by atomic mass is 10.0. The normalized spacial score (nSPS) is 10.8. The minimum atomic E-state index is -0.795. The Labute approximate surface area is 142 Å². The Kier molecular flexibility index (Phi) is 4.67. The highest BCUT2D eigenvalue weighted by atomic mass is 19.1. The molecule has 0 aliphatic heterocycles. The van der Waals surface area contributed by atoms with Gasteiger partial charge in [-0.15, -0.1) is 0 Å². The number of aliphatic hydroxyl groups is 1. The van der Waals surface area contributed by atoms with Crippen LogP contribution in [0.4, 0.5) is 8.78 Å². The summed E-state index contributed by atoms with van der Waals surface area (Å²) in [6.45, 7) is -0.517. The monoisotopic (exact) mass is 347 g/mol. The molecule has 2 aromatic carbocycles. The smallest absolute Gasteiger partial charge is 0.176 e. The number of benzene rings is 2. The van der Waals surface area contributed by atoms with Crippen LogP contribution in [0.3, 0.4) is 0 Å². The van der Waals surface area contributed by atoms with E-state index in [4.69, 9.17) is 14.0 Å². The summed E-state index contributed by atoms with van der Waals surface area (Å²) in [6, 6.07) is 8.43. The van der Waals surface area contributed by atoms with Gasteiger partial charge in [0.05, 0.1) is 37.5 Å². The number of ether oxygens (including phenoxy) is 2. The molecule has 1 aromatic heterocycles. The highest BCUT2D eigenvalue weighted by molar-refractivity contribution is 5.76. The van der Waals surface area contributed by atoms with Crippen LogP contribution in [0.2, 0.25) is 0 Å². The van der Waals surface area contributed by atoms with Gasteiger partial charge in [0.25, 0.3) is 0 Å². The molecule has 25 heavy (non-hydrogen) atoms. The number of hydrogen-bond acceptors (Lipinski definition) is 5. The van der Waals surface area contributed by atoms with Crippen molar-refractivity contribution in [2.75, 3.05) is 14.2 Å². The molecule has 0 bridgehead atoms. The molecule has 7 heteroatoms. The summed E-state index contributed by atoms with van der Waals surface area (Å²) < 4.78 is 43.9. The largest absolute Gasteiger partial charge is 0.497 e. The third kappa shape index (κ3) is 2.94. The zero-order valence-electron chi connectivity index (χ0n) is 13.5. The number of halogens is 2. The second-order valence-electron chi connectivity index (χ2n) is 5.16.